The molecule has 3 aromatic carbocycles. The molecule has 3 rings (SSSR count). The van der Waals surface area contributed by atoms with Crippen LogP contribution in [-0.2, 0) is 0 Å². The Hall–Kier alpha value is -2.93. The van der Waals surface area contributed by atoms with Gasteiger partial charge in [-0.05, 0) is 40.6 Å². The Bertz CT molecular complexity index is 923. The molecular weight excluding hydrogens is 280 g/mol. The van der Waals surface area contributed by atoms with Crippen LogP contribution in [0.15, 0.2) is 78.9 Å². The van der Waals surface area contributed by atoms with Gasteiger partial charge in [0.25, 0.3) is 0 Å². The van der Waals surface area contributed by atoms with Crippen LogP contribution in [0.4, 0.5) is 0 Å². The monoisotopic (exact) mass is 298 g/mol. The predicted molar refractivity (Wildman–Crippen MR) is 95.7 cm³/mol. The molecule has 0 N–H and O–H groups in total. The van der Waals surface area contributed by atoms with Gasteiger partial charge < -0.3 is 0 Å². The Morgan fingerprint density at radius 1 is 0.696 bits per heavy atom. The summed E-state index contributed by atoms with van der Waals surface area (Å²) in [7, 11) is 0. The highest BCUT2D eigenvalue weighted by molar-refractivity contribution is 5.94. The van der Waals surface area contributed by atoms with Crippen LogP contribution in [0.2, 0.25) is 0 Å². The van der Waals surface area contributed by atoms with E-state index in [-0.39, 0.29) is 5.78 Å². The summed E-state index contributed by atoms with van der Waals surface area (Å²) < 4.78 is 0. The van der Waals surface area contributed by atoms with Crippen LogP contribution in [-0.4, -0.2) is 5.78 Å². The van der Waals surface area contributed by atoms with Crippen LogP contribution in [0.3, 0.4) is 0 Å². The molecule has 0 fully saturated rings. The highest BCUT2D eigenvalue weighted by Gasteiger charge is 2.02. The van der Waals surface area contributed by atoms with E-state index in [1.807, 2.05) is 66.7 Å². The zero-order chi connectivity index (χ0) is 16.1. The maximum atomic E-state index is 12.0. The second kappa shape index (κ2) is 6.89. The first kappa shape index (κ1) is 15.0. The maximum absolute atomic E-state index is 12.0. The van der Waals surface area contributed by atoms with Gasteiger partial charge in [-0.25, -0.2) is 0 Å². The molecule has 3 aromatic rings. The molecule has 0 aliphatic heterocycles. The highest BCUT2D eigenvalue weighted by Crippen LogP contribution is 2.01. The number of benzene rings is 3. The molecule has 0 aliphatic carbocycles. The van der Waals surface area contributed by atoms with Crippen molar-refractivity contribution >= 4 is 17.9 Å². The predicted octanol–water partition coefficient (Wildman–Crippen LogP) is 3.55. The largest absolute Gasteiger partial charge is 0.294 e. The van der Waals surface area contributed by atoms with Gasteiger partial charge in [0.15, 0.2) is 5.78 Å². The summed E-state index contributed by atoms with van der Waals surface area (Å²) in [6.07, 6.45) is 4.19. The Kier molecular flexibility index (Phi) is 4.49. The van der Waals surface area contributed by atoms with Gasteiger partial charge in [-0.3, -0.25) is 4.79 Å². The summed E-state index contributed by atoms with van der Waals surface area (Å²) in [6.45, 7) is 1.62. The number of carbonyl (C=O) groups is 1. The van der Waals surface area contributed by atoms with Crippen LogP contribution in [0, 0.1) is 0 Å². The van der Waals surface area contributed by atoms with E-state index in [2.05, 4.69) is 24.3 Å². The van der Waals surface area contributed by atoms with Crippen LogP contribution in [0.5, 0.6) is 0 Å². The third-order valence-corrected chi connectivity index (χ3v) is 3.75. The lowest BCUT2D eigenvalue weighted by atomic mass is 10.0. The minimum atomic E-state index is 0.0792. The van der Waals surface area contributed by atoms with Crippen LogP contribution >= 0.6 is 0 Å². The van der Waals surface area contributed by atoms with Gasteiger partial charge in [0, 0.05) is 5.56 Å². The van der Waals surface area contributed by atoms with Crippen molar-refractivity contribution in [2.24, 2.45) is 0 Å². The molecule has 0 aromatic heterocycles. The summed E-state index contributed by atoms with van der Waals surface area (Å²) in [5.41, 5.74) is 2.96. The van der Waals surface area contributed by atoms with Gasteiger partial charge in [-0.2, -0.15) is 0 Å². The molecule has 23 heavy (non-hydrogen) atoms. The van der Waals surface area contributed by atoms with Crippen molar-refractivity contribution in [1.82, 2.24) is 0 Å². The molecular formula is C22H18O. The van der Waals surface area contributed by atoms with Gasteiger partial charge in [0.2, 0.25) is 0 Å². The van der Waals surface area contributed by atoms with Crippen molar-refractivity contribution in [3.8, 4) is 0 Å². The normalized spacial score (nSPS) is 12.4. The van der Waals surface area contributed by atoms with E-state index in [0.717, 1.165) is 27.1 Å². The van der Waals surface area contributed by atoms with Crippen LogP contribution in [0.25, 0.3) is 12.2 Å². The first-order chi connectivity index (χ1) is 11.2. The fraction of sp³-hybridized carbons (Fsp3) is 0.0455. The molecule has 0 amide bonds. The van der Waals surface area contributed by atoms with Crippen molar-refractivity contribution in [2.45, 2.75) is 6.92 Å². The second-order valence-electron chi connectivity index (χ2n) is 5.47. The Morgan fingerprint density at radius 3 is 1.83 bits per heavy atom. The van der Waals surface area contributed by atoms with Crippen molar-refractivity contribution in [3.63, 3.8) is 0 Å². The lowest BCUT2D eigenvalue weighted by Crippen LogP contribution is -2.30. The van der Waals surface area contributed by atoms with E-state index in [9.17, 15) is 4.79 Å². The van der Waals surface area contributed by atoms with Crippen LogP contribution in [0.1, 0.15) is 28.4 Å². The van der Waals surface area contributed by atoms with Crippen molar-refractivity contribution in [1.29, 1.82) is 0 Å². The summed E-state index contributed by atoms with van der Waals surface area (Å²) in [6, 6.07) is 26.1. The third-order valence-electron chi connectivity index (χ3n) is 3.75. The average molecular weight is 298 g/mol. The van der Waals surface area contributed by atoms with Crippen molar-refractivity contribution < 1.29 is 4.79 Å². The first-order valence-corrected chi connectivity index (χ1v) is 7.67. The molecule has 0 heterocycles. The topological polar surface area (TPSA) is 17.1 Å². The standard InChI is InChI=1S/C22H18O/c1-17(23)21-14-8-13-20(15-18-9-4-2-5-10-18)22(21)16-19-11-6-3-7-12-19/h2-16H,1H3. The maximum Gasteiger partial charge on any atom is 0.160 e. The molecule has 0 atom stereocenters. The molecule has 0 bridgehead atoms. The number of Topliss-reactive ketones (excluding diaryl/α,β-unsaturated/α-hetero) is 1. The smallest absolute Gasteiger partial charge is 0.160 e. The second-order valence-corrected chi connectivity index (χ2v) is 5.47. The molecule has 0 aliphatic rings. The first-order valence-electron chi connectivity index (χ1n) is 7.67. The number of ketones is 1. The van der Waals surface area contributed by atoms with E-state index in [4.69, 9.17) is 0 Å². The van der Waals surface area contributed by atoms with Gasteiger partial charge in [0.1, 0.15) is 0 Å². The molecule has 0 saturated carbocycles. The zero-order valence-corrected chi connectivity index (χ0v) is 13.1. The summed E-state index contributed by atoms with van der Waals surface area (Å²) in [5.74, 6) is 0.0792. The average Bonchev–Trinajstić information content (AvgIpc) is 2.58. The van der Waals surface area contributed by atoms with Gasteiger partial charge in [-0.1, -0.05) is 78.9 Å². The van der Waals surface area contributed by atoms with E-state index in [0.29, 0.717) is 0 Å². The third kappa shape index (κ3) is 3.64. The van der Waals surface area contributed by atoms with Gasteiger partial charge in [-0.15, -0.1) is 0 Å². The fourth-order valence-electron chi connectivity index (χ4n) is 2.62. The van der Waals surface area contributed by atoms with Crippen molar-refractivity contribution in [2.75, 3.05) is 0 Å². The Morgan fingerprint density at radius 2 is 1.26 bits per heavy atom. The molecule has 1 nitrogen and oxygen atoms in total. The Balaban J connectivity index is 2.30. The molecule has 112 valence electrons. The summed E-state index contributed by atoms with van der Waals surface area (Å²) >= 11 is 0. The van der Waals surface area contributed by atoms with E-state index in [1.165, 1.54) is 0 Å². The van der Waals surface area contributed by atoms with Gasteiger partial charge >= 0.3 is 0 Å². The number of hydrogen-bond donors (Lipinski definition) is 0. The lowest BCUT2D eigenvalue weighted by Gasteiger charge is -2.01. The van der Waals surface area contributed by atoms with E-state index < -0.39 is 0 Å². The fourth-order valence-corrected chi connectivity index (χ4v) is 2.62. The van der Waals surface area contributed by atoms with Crippen molar-refractivity contribution in [3.05, 3.63) is 106 Å². The lowest BCUT2D eigenvalue weighted by molar-refractivity contribution is 0.101. The molecule has 0 saturated heterocycles. The minimum absolute atomic E-state index is 0.0792. The Labute approximate surface area is 136 Å². The SMILES string of the molecule is CC(=O)c1cccc(=Cc2ccccc2)c1=Cc1ccccc1. The van der Waals surface area contributed by atoms with Crippen LogP contribution < -0.4 is 10.4 Å². The summed E-state index contributed by atoms with van der Waals surface area (Å²) in [5, 5.41) is 2.02. The zero-order valence-electron chi connectivity index (χ0n) is 13.1. The molecule has 0 unspecified atom stereocenters. The van der Waals surface area contributed by atoms with E-state index in [1.54, 1.807) is 6.92 Å². The minimum Gasteiger partial charge on any atom is -0.294 e. The number of hydrogen-bond acceptors (Lipinski definition) is 1. The quantitative estimate of drug-likeness (QED) is 0.676. The number of carbonyl (C=O) groups excluding carboxylic acids is 1. The van der Waals surface area contributed by atoms with E-state index >= 15 is 0 Å². The summed E-state index contributed by atoms with van der Waals surface area (Å²) in [4.78, 5) is 12.0. The molecule has 0 spiro atoms. The van der Waals surface area contributed by atoms with Gasteiger partial charge in [0.05, 0.1) is 0 Å². The molecule has 1 heteroatoms. The highest BCUT2D eigenvalue weighted by atomic mass is 16.1. The molecule has 0 radical (unpaired) electrons. The number of rotatable bonds is 3.